The van der Waals surface area contributed by atoms with E-state index in [1.54, 1.807) is 27.4 Å². The van der Waals surface area contributed by atoms with E-state index in [1.807, 2.05) is 37.3 Å². The number of aliphatic hydroxyl groups is 1. The molecule has 0 amide bonds. The Morgan fingerprint density at radius 2 is 1.58 bits per heavy atom. The fourth-order valence-corrected chi connectivity index (χ4v) is 1.97. The second-order valence-electron chi connectivity index (χ2n) is 4.88. The number of hydrogen-bond acceptors (Lipinski definition) is 5. The monoisotopic (exact) mass is 332 g/mol. The quantitative estimate of drug-likeness (QED) is 0.569. The van der Waals surface area contributed by atoms with Crippen molar-refractivity contribution in [2.24, 2.45) is 0 Å². The van der Waals surface area contributed by atoms with Gasteiger partial charge in [-0.05, 0) is 30.7 Å². The molecule has 5 nitrogen and oxygen atoms in total. The van der Waals surface area contributed by atoms with Gasteiger partial charge in [-0.25, -0.2) is 0 Å². The summed E-state index contributed by atoms with van der Waals surface area (Å²) in [6.07, 6.45) is 7.31. The molecule has 0 atom stereocenters. The molecule has 0 bridgehead atoms. The maximum atomic E-state index is 9.32. The first kappa shape index (κ1) is 19.2. The second-order valence-corrected chi connectivity index (χ2v) is 4.88. The Balaban J connectivity index is 3.07. The molecular formula is C19H24O5. The highest BCUT2D eigenvalue weighted by atomic mass is 16.5. The highest BCUT2D eigenvalue weighted by molar-refractivity contribution is 5.63. The highest BCUT2D eigenvalue weighted by Gasteiger charge is 2.11. The zero-order valence-electron chi connectivity index (χ0n) is 14.8. The van der Waals surface area contributed by atoms with Crippen LogP contribution in [0, 0.1) is 0 Å². The van der Waals surface area contributed by atoms with Crippen LogP contribution in [-0.2, 0) is 4.74 Å². The van der Waals surface area contributed by atoms with Crippen molar-refractivity contribution in [2.75, 3.05) is 28.4 Å². The van der Waals surface area contributed by atoms with Crippen molar-refractivity contribution in [3.63, 3.8) is 0 Å². The average Bonchev–Trinajstić information content (AvgIpc) is 2.58. The van der Waals surface area contributed by atoms with E-state index >= 15 is 0 Å². The third-order valence-corrected chi connectivity index (χ3v) is 3.23. The SMILES string of the molecule is C=C(O)\C(=C/C=C(C)/C=C\c1cc(OC)c(OC)c(OC)c1)OC. The van der Waals surface area contributed by atoms with E-state index in [0.29, 0.717) is 23.0 Å². The van der Waals surface area contributed by atoms with Crippen molar-refractivity contribution < 1.29 is 24.1 Å². The fourth-order valence-electron chi connectivity index (χ4n) is 1.97. The van der Waals surface area contributed by atoms with E-state index in [4.69, 9.17) is 18.9 Å². The molecule has 1 aromatic carbocycles. The largest absolute Gasteiger partial charge is 0.505 e. The lowest BCUT2D eigenvalue weighted by atomic mass is 10.1. The summed E-state index contributed by atoms with van der Waals surface area (Å²) in [5.74, 6) is 1.94. The van der Waals surface area contributed by atoms with Gasteiger partial charge in [-0.2, -0.15) is 0 Å². The Morgan fingerprint density at radius 1 is 1.00 bits per heavy atom. The normalized spacial score (nSPS) is 12.2. The van der Waals surface area contributed by atoms with Gasteiger partial charge in [0.05, 0.1) is 28.4 Å². The lowest BCUT2D eigenvalue weighted by Crippen LogP contribution is -1.95. The summed E-state index contributed by atoms with van der Waals surface area (Å²) in [4.78, 5) is 0. The molecule has 0 saturated heterocycles. The van der Waals surface area contributed by atoms with Gasteiger partial charge in [0.1, 0.15) is 5.76 Å². The Hall–Kier alpha value is -2.82. The summed E-state index contributed by atoms with van der Waals surface area (Å²) in [6.45, 7) is 5.36. The molecule has 0 aliphatic carbocycles. The maximum absolute atomic E-state index is 9.32. The van der Waals surface area contributed by atoms with Crippen molar-refractivity contribution in [3.05, 3.63) is 59.6 Å². The standard InChI is InChI=1S/C19H24O5/c1-13(8-10-16(21-3)14(2)20)7-9-15-11-17(22-4)19(24-6)18(12-15)23-5/h7-12,20H,2H2,1,3-6H3/b9-7-,13-8+,16-10+. The zero-order chi connectivity index (χ0) is 18.1. The predicted octanol–water partition coefficient (Wildman–Crippen LogP) is 4.27. The summed E-state index contributed by atoms with van der Waals surface area (Å²) in [5, 5.41) is 9.32. The summed E-state index contributed by atoms with van der Waals surface area (Å²) < 4.78 is 21.0. The summed E-state index contributed by atoms with van der Waals surface area (Å²) in [5.41, 5.74) is 1.86. The van der Waals surface area contributed by atoms with Crippen LogP contribution in [0.2, 0.25) is 0 Å². The molecule has 0 unspecified atom stereocenters. The Bertz CT molecular complexity index is 643. The number of allylic oxidation sites excluding steroid dienone is 4. The van der Waals surface area contributed by atoms with Crippen LogP contribution in [0.15, 0.2) is 54.0 Å². The Labute approximate surface area is 143 Å². The molecule has 0 radical (unpaired) electrons. The van der Waals surface area contributed by atoms with Crippen molar-refractivity contribution in [2.45, 2.75) is 6.92 Å². The van der Waals surface area contributed by atoms with E-state index < -0.39 is 0 Å². The van der Waals surface area contributed by atoms with Gasteiger partial charge in [0.2, 0.25) is 5.75 Å². The van der Waals surface area contributed by atoms with Crippen LogP contribution in [0.3, 0.4) is 0 Å². The third-order valence-electron chi connectivity index (χ3n) is 3.23. The number of hydrogen-bond donors (Lipinski definition) is 1. The minimum absolute atomic E-state index is 0.116. The number of benzene rings is 1. The molecule has 0 aliphatic heterocycles. The summed E-state index contributed by atoms with van der Waals surface area (Å²) in [6, 6.07) is 3.72. The molecule has 0 heterocycles. The van der Waals surface area contributed by atoms with Crippen molar-refractivity contribution in [1.82, 2.24) is 0 Å². The summed E-state index contributed by atoms with van der Waals surface area (Å²) >= 11 is 0. The van der Waals surface area contributed by atoms with Gasteiger partial charge in [0.15, 0.2) is 17.3 Å². The molecule has 0 saturated carbocycles. The van der Waals surface area contributed by atoms with Crippen molar-refractivity contribution >= 4 is 6.08 Å². The highest BCUT2D eigenvalue weighted by Crippen LogP contribution is 2.38. The number of methoxy groups -OCH3 is 4. The molecule has 130 valence electrons. The molecule has 1 rings (SSSR count). The maximum Gasteiger partial charge on any atom is 0.203 e. The molecule has 24 heavy (non-hydrogen) atoms. The van der Waals surface area contributed by atoms with Crippen LogP contribution in [-0.4, -0.2) is 33.5 Å². The number of rotatable bonds is 8. The van der Waals surface area contributed by atoms with Gasteiger partial charge in [-0.15, -0.1) is 0 Å². The minimum Gasteiger partial charge on any atom is -0.505 e. The van der Waals surface area contributed by atoms with Crippen LogP contribution >= 0.6 is 0 Å². The van der Waals surface area contributed by atoms with Crippen LogP contribution in [0.25, 0.3) is 6.08 Å². The number of ether oxygens (including phenoxy) is 4. The van der Waals surface area contributed by atoms with E-state index in [-0.39, 0.29) is 5.76 Å². The van der Waals surface area contributed by atoms with Crippen LogP contribution < -0.4 is 14.2 Å². The fraction of sp³-hybridized carbons (Fsp3) is 0.263. The molecule has 0 spiro atoms. The second kappa shape index (κ2) is 9.35. The average molecular weight is 332 g/mol. The van der Waals surface area contributed by atoms with E-state index in [9.17, 15) is 5.11 Å². The first-order valence-corrected chi connectivity index (χ1v) is 7.25. The first-order chi connectivity index (χ1) is 11.5. The molecule has 0 fully saturated rings. The molecule has 1 aromatic rings. The van der Waals surface area contributed by atoms with E-state index in [2.05, 4.69) is 6.58 Å². The van der Waals surface area contributed by atoms with Crippen molar-refractivity contribution in [3.8, 4) is 17.2 Å². The molecule has 5 heteroatoms. The van der Waals surface area contributed by atoms with Gasteiger partial charge in [0.25, 0.3) is 0 Å². The lowest BCUT2D eigenvalue weighted by molar-refractivity contribution is 0.257. The van der Waals surface area contributed by atoms with Gasteiger partial charge in [-0.3, -0.25) is 0 Å². The number of aliphatic hydroxyl groups excluding tert-OH is 1. The first-order valence-electron chi connectivity index (χ1n) is 7.25. The topological polar surface area (TPSA) is 57.2 Å². The Kier molecular flexibility index (Phi) is 7.49. The summed E-state index contributed by atoms with van der Waals surface area (Å²) in [7, 11) is 6.20. The van der Waals surface area contributed by atoms with E-state index in [0.717, 1.165) is 11.1 Å². The Morgan fingerprint density at radius 3 is 2.00 bits per heavy atom. The molecule has 0 aromatic heterocycles. The van der Waals surface area contributed by atoms with Crippen LogP contribution in [0.1, 0.15) is 12.5 Å². The predicted molar refractivity (Wildman–Crippen MR) is 95.7 cm³/mol. The van der Waals surface area contributed by atoms with Crippen LogP contribution in [0.4, 0.5) is 0 Å². The lowest BCUT2D eigenvalue weighted by Gasteiger charge is -2.12. The molecule has 0 aliphatic rings. The minimum atomic E-state index is -0.116. The molecule has 1 N–H and O–H groups in total. The third kappa shape index (κ3) is 5.12. The van der Waals surface area contributed by atoms with Gasteiger partial charge in [-0.1, -0.05) is 30.4 Å². The van der Waals surface area contributed by atoms with Crippen LogP contribution in [0.5, 0.6) is 17.2 Å². The smallest absolute Gasteiger partial charge is 0.203 e. The van der Waals surface area contributed by atoms with Crippen molar-refractivity contribution in [1.29, 1.82) is 0 Å². The van der Waals surface area contributed by atoms with Gasteiger partial charge in [0, 0.05) is 0 Å². The molecular weight excluding hydrogens is 308 g/mol. The zero-order valence-corrected chi connectivity index (χ0v) is 14.8. The van der Waals surface area contributed by atoms with Gasteiger partial charge < -0.3 is 24.1 Å². The van der Waals surface area contributed by atoms with E-state index in [1.165, 1.54) is 7.11 Å². The van der Waals surface area contributed by atoms with Gasteiger partial charge >= 0.3 is 0 Å².